The molecule has 0 saturated carbocycles. The molecule has 5 rings (SSSR count). The third-order valence-corrected chi connectivity index (χ3v) is 7.82. The predicted molar refractivity (Wildman–Crippen MR) is 121 cm³/mol. The quantitative estimate of drug-likeness (QED) is 0.652. The zero-order valence-corrected chi connectivity index (χ0v) is 18.6. The number of imidazole rings is 1. The van der Waals surface area contributed by atoms with Crippen molar-refractivity contribution in [3.63, 3.8) is 0 Å². The summed E-state index contributed by atoms with van der Waals surface area (Å²) < 4.78 is 24.5. The van der Waals surface area contributed by atoms with Crippen LogP contribution in [0.25, 0.3) is 11.0 Å². The summed E-state index contributed by atoms with van der Waals surface area (Å²) in [6, 6.07) is 11.9. The van der Waals surface area contributed by atoms with Crippen LogP contribution >= 0.6 is 0 Å². The Balaban J connectivity index is 1.55. The number of nitrogens with one attached hydrogen (secondary N) is 1. The van der Waals surface area contributed by atoms with Gasteiger partial charge in [-0.3, -0.25) is 0 Å². The molecule has 1 unspecified atom stereocenters. The summed E-state index contributed by atoms with van der Waals surface area (Å²) in [7, 11) is -3.76. The summed E-state index contributed by atoms with van der Waals surface area (Å²) in [5, 5.41) is 10.5. The predicted octanol–water partition coefficient (Wildman–Crippen LogP) is 3.00. The molecular weight excluding hydrogens is 410 g/mol. The van der Waals surface area contributed by atoms with Gasteiger partial charge in [-0.1, -0.05) is 25.1 Å². The summed E-state index contributed by atoms with van der Waals surface area (Å²) in [5.41, 5.74) is 5.11. The van der Waals surface area contributed by atoms with Crippen LogP contribution < -0.4 is 5.14 Å². The number of hydrazine groups is 1. The number of hydrogen-bond acceptors (Lipinski definition) is 5. The largest absolute Gasteiger partial charge is 0.345 e. The molecule has 7 nitrogen and oxygen atoms in total. The highest BCUT2D eigenvalue weighted by Gasteiger charge is 2.35. The number of rotatable bonds is 4. The molecule has 3 N–H and O–H groups in total. The van der Waals surface area contributed by atoms with Crippen molar-refractivity contribution in [2.24, 2.45) is 11.1 Å². The lowest BCUT2D eigenvalue weighted by atomic mass is 9.89. The SMILES string of the molecule is CC1CCN(N2CCc3c(cccc3S(N)(=O)=O)C2Cc2ccc3nc[nH]c3c2)CC1. The first-order valence-electron chi connectivity index (χ1n) is 11.0. The molecule has 1 atom stereocenters. The second kappa shape index (κ2) is 8.02. The van der Waals surface area contributed by atoms with Gasteiger partial charge in [0.2, 0.25) is 10.0 Å². The van der Waals surface area contributed by atoms with E-state index in [1.54, 1.807) is 12.4 Å². The Labute approximate surface area is 183 Å². The van der Waals surface area contributed by atoms with Gasteiger partial charge >= 0.3 is 0 Å². The molecule has 164 valence electrons. The number of hydrogen-bond donors (Lipinski definition) is 2. The Kier molecular flexibility index (Phi) is 5.34. The summed E-state index contributed by atoms with van der Waals surface area (Å²) in [5.74, 6) is 0.753. The summed E-state index contributed by atoms with van der Waals surface area (Å²) >= 11 is 0. The van der Waals surface area contributed by atoms with Crippen LogP contribution in [0.2, 0.25) is 0 Å². The Morgan fingerprint density at radius 2 is 1.97 bits per heavy atom. The van der Waals surface area contributed by atoms with Crippen LogP contribution in [0.5, 0.6) is 0 Å². The molecule has 0 bridgehead atoms. The molecule has 0 aliphatic carbocycles. The number of sulfonamides is 1. The van der Waals surface area contributed by atoms with Crippen molar-refractivity contribution in [3.8, 4) is 0 Å². The molecule has 0 spiro atoms. The lowest BCUT2D eigenvalue weighted by Gasteiger charge is -2.46. The number of primary sulfonamides is 1. The number of aromatic amines is 1. The van der Waals surface area contributed by atoms with Crippen molar-refractivity contribution in [1.29, 1.82) is 0 Å². The Morgan fingerprint density at radius 3 is 2.74 bits per heavy atom. The van der Waals surface area contributed by atoms with Gasteiger partial charge in [0.05, 0.1) is 28.3 Å². The van der Waals surface area contributed by atoms with E-state index < -0.39 is 10.0 Å². The van der Waals surface area contributed by atoms with Crippen molar-refractivity contribution in [3.05, 3.63) is 59.4 Å². The minimum atomic E-state index is -3.76. The van der Waals surface area contributed by atoms with Gasteiger partial charge < -0.3 is 4.98 Å². The molecule has 1 saturated heterocycles. The van der Waals surface area contributed by atoms with E-state index >= 15 is 0 Å². The fourth-order valence-electron chi connectivity index (χ4n) is 5.11. The van der Waals surface area contributed by atoms with Gasteiger partial charge in [-0.15, -0.1) is 0 Å². The van der Waals surface area contributed by atoms with Crippen LogP contribution in [-0.2, 0) is 22.9 Å². The van der Waals surface area contributed by atoms with Gasteiger partial charge in [-0.25, -0.2) is 28.6 Å². The molecule has 1 fully saturated rings. The van der Waals surface area contributed by atoms with Crippen LogP contribution in [0.3, 0.4) is 0 Å². The smallest absolute Gasteiger partial charge is 0.238 e. The number of benzene rings is 2. The molecule has 1 aromatic heterocycles. The summed E-state index contributed by atoms with van der Waals surface area (Å²) in [6.45, 7) is 5.20. The van der Waals surface area contributed by atoms with Crippen molar-refractivity contribution >= 4 is 21.1 Å². The summed E-state index contributed by atoms with van der Waals surface area (Å²) in [4.78, 5) is 7.79. The fourth-order valence-corrected chi connectivity index (χ4v) is 5.94. The standard InChI is InChI=1S/C23H29N5O2S/c1-16-7-10-27(11-8-16)28-12-9-19-18(3-2-4-23(19)31(24,29)30)22(28)14-17-5-6-20-21(13-17)26-15-25-20/h2-6,13,15-16,22H,7-12,14H2,1H3,(H,25,26)(H2,24,29,30). The molecule has 2 aliphatic heterocycles. The maximum Gasteiger partial charge on any atom is 0.238 e. The second-order valence-electron chi connectivity index (χ2n) is 8.89. The number of fused-ring (bicyclic) bond motifs is 2. The lowest BCUT2D eigenvalue weighted by Crippen LogP contribution is -2.51. The highest BCUT2D eigenvalue weighted by atomic mass is 32.2. The third-order valence-electron chi connectivity index (χ3n) is 6.82. The van der Waals surface area contributed by atoms with Gasteiger partial charge in [0.15, 0.2) is 0 Å². The van der Waals surface area contributed by atoms with E-state index in [0.29, 0.717) is 6.42 Å². The highest BCUT2D eigenvalue weighted by molar-refractivity contribution is 7.89. The van der Waals surface area contributed by atoms with Gasteiger partial charge in [0, 0.05) is 19.6 Å². The van der Waals surface area contributed by atoms with Crippen molar-refractivity contribution in [1.82, 2.24) is 20.0 Å². The lowest BCUT2D eigenvalue weighted by molar-refractivity contribution is -0.0857. The molecule has 2 aliphatic rings. The molecule has 3 heterocycles. The molecular formula is C23H29N5O2S. The van der Waals surface area contributed by atoms with Crippen molar-refractivity contribution in [2.45, 2.75) is 43.5 Å². The van der Waals surface area contributed by atoms with Crippen LogP contribution in [0.15, 0.2) is 47.6 Å². The van der Waals surface area contributed by atoms with Crippen LogP contribution in [-0.4, -0.2) is 48.0 Å². The van der Waals surface area contributed by atoms with E-state index in [4.69, 9.17) is 5.14 Å². The van der Waals surface area contributed by atoms with Crippen LogP contribution in [0.4, 0.5) is 0 Å². The first-order chi connectivity index (χ1) is 14.9. The number of H-pyrrole nitrogens is 1. The number of nitrogens with zero attached hydrogens (tertiary/aromatic N) is 3. The van der Waals surface area contributed by atoms with E-state index in [1.165, 1.54) is 18.4 Å². The second-order valence-corrected chi connectivity index (χ2v) is 10.4. The number of nitrogens with two attached hydrogens (primary N) is 1. The van der Waals surface area contributed by atoms with Crippen LogP contribution in [0.1, 0.15) is 42.5 Å². The topological polar surface area (TPSA) is 95.3 Å². The fraction of sp³-hybridized carbons (Fsp3) is 0.435. The summed E-state index contributed by atoms with van der Waals surface area (Å²) in [6.07, 6.45) is 5.57. The van der Waals surface area contributed by atoms with E-state index in [0.717, 1.165) is 54.1 Å². The average Bonchev–Trinajstić information content (AvgIpc) is 3.21. The normalized spacial score (nSPS) is 21.4. The molecule has 2 aromatic carbocycles. The van der Waals surface area contributed by atoms with Gasteiger partial charge in [-0.05, 0) is 66.5 Å². The highest BCUT2D eigenvalue weighted by Crippen LogP contribution is 2.37. The third kappa shape index (κ3) is 4.01. The molecule has 3 aromatic rings. The van der Waals surface area contributed by atoms with Gasteiger partial charge in [0.1, 0.15) is 0 Å². The Morgan fingerprint density at radius 1 is 1.16 bits per heavy atom. The Bertz CT molecular complexity index is 1200. The molecule has 0 radical (unpaired) electrons. The maximum atomic E-state index is 12.2. The molecule has 31 heavy (non-hydrogen) atoms. The van der Waals surface area contributed by atoms with E-state index in [-0.39, 0.29) is 10.9 Å². The minimum Gasteiger partial charge on any atom is -0.345 e. The zero-order valence-electron chi connectivity index (χ0n) is 17.8. The molecule has 8 heteroatoms. The first-order valence-corrected chi connectivity index (χ1v) is 12.5. The van der Waals surface area contributed by atoms with E-state index in [1.807, 2.05) is 12.1 Å². The van der Waals surface area contributed by atoms with Crippen LogP contribution in [0, 0.1) is 5.92 Å². The van der Waals surface area contributed by atoms with Crippen molar-refractivity contribution < 1.29 is 8.42 Å². The van der Waals surface area contributed by atoms with Gasteiger partial charge in [0.25, 0.3) is 0 Å². The number of aromatic nitrogens is 2. The first kappa shape index (κ1) is 20.6. The van der Waals surface area contributed by atoms with E-state index in [9.17, 15) is 8.42 Å². The number of piperidine rings is 1. The maximum absolute atomic E-state index is 12.2. The monoisotopic (exact) mass is 439 g/mol. The van der Waals surface area contributed by atoms with Gasteiger partial charge in [-0.2, -0.15) is 0 Å². The average molecular weight is 440 g/mol. The minimum absolute atomic E-state index is 0.0687. The zero-order chi connectivity index (χ0) is 21.6. The Hall–Kier alpha value is -2.26. The van der Waals surface area contributed by atoms with Crippen molar-refractivity contribution in [2.75, 3.05) is 19.6 Å². The molecule has 0 amide bonds. The van der Waals surface area contributed by atoms with E-state index in [2.05, 4.69) is 45.1 Å².